The van der Waals surface area contributed by atoms with Crippen LogP contribution < -0.4 is 0 Å². The molecule has 0 amide bonds. The van der Waals surface area contributed by atoms with Gasteiger partial charge in [-0.3, -0.25) is 4.79 Å². The van der Waals surface area contributed by atoms with E-state index in [0.717, 1.165) is 11.1 Å². The van der Waals surface area contributed by atoms with E-state index >= 15 is 0 Å². The van der Waals surface area contributed by atoms with Crippen molar-refractivity contribution in [3.05, 3.63) is 59.4 Å². The first kappa shape index (κ1) is 13.5. The minimum atomic E-state index is -0.389. The van der Waals surface area contributed by atoms with Gasteiger partial charge in [0.25, 0.3) is 0 Å². The Hall–Kier alpha value is -1.96. The summed E-state index contributed by atoms with van der Waals surface area (Å²) in [6.45, 7) is 6.44. The van der Waals surface area contributed by atoms with Crippen LogP contribution in [0.25, 0.3) is 11.1 Å². The number of benzene rings is 2. The van der Waals surface area contributed by atoms with Crippen LogP contribution in [0.15, 0.2) is 42.5 Å². The van der Waals surface area contributed by atoms with Gasteiger partial charge in [0.1, 0.15) is 12.1 Å². The lowest BCUT2D eigenvalue weighted by atomic mass is 9.86. The minimum Gasteiger partial charge on any atom is -0.298 e. The quantitative estimate of drug-likeness (QED) is 0.717. The molecular weight excluding hydrogens is 239 g/mol. The number of carbonyl (C=O) groups is 1. The zero-order valence-electron chi connectivity index (χ0n) is 11.4. The van der Waals surface area contributed by atoms with Crippen molar-refractivity contribution in [1.82, 2.24) is 0 Å². The molecule has 0 unspecified atom stereocenters. The molecule has 0 saturated carbocycles. The van der Waals surface area contributed by atoms with Crippen molar-refractivity contribution < 1.29 is 9.18 Å². The van der Waals surface area contributed by atoms with Crippen molar-refractivity contribution in [2.45, 2.75) is 26.2 Å². The van der Waals surface area contributed by atoms with E-state index in [-0.39, 0.29) is 11.2 Å². The van der Waals surface area contributed by atoms with Crippen molar-refractivity contribution in [2.24, 2.45) is 0 Å². The lowest BCUT2D eigenvalue weighted by molar-refractivity contribution is 0.112. The number of rotatable bonds is 2. The van der Waals surface area contributed by atoms with Crippen LogP contribution in [0.1, 0.15) is 36.7 Å². The molecule has 0 aliphatic carbocycles. The van der Waals surface area contributed by atoms with E-state index in [1.165, 1.54) is 17.7 Å². The summed E-state index contributed by atoms with van der Waals surface area (Å²) in [5.74, 6) is -0.389. The third-order valence-electron chi connectivity index (χ3n) is 3.14. The third-order valence-corrected chi connectivity index (χ3v) is 3.14. The largest absolute Gasteiger partial charge is 0.298 e. The molecule has 1 nitrogen and oxygen atoms in total. The van der Waals surface area contributed by atoms with Crippen molar-refractivity contribution in [1.29, 1.82) is 0 Å². The van der Waals surface area contributed by atoms with Gasteiger partial charge >= 0.3 is 0 Å². The molecule has 98 valence electrons. The summed E-state index contributed by atoms with van der Waals surface area (Å²) < 4.78 is 13.4. The van der Waals surface area contributed by atoms with Crippen molar-refractivity contribution in [2.75, 3.05) is 0 Å². The van der Waals surface area contributed by atoms with Gasteiger partial charge in [-0.15, -0.1) is 0 Å². The summed E-state index contributed by atoms with van der Waals surface area (Å²) in [6.07, 6.45) is 0.663. The third kappa shape index (κ3) is 3.08. The van der Waals surface area contributed by atoms with E-state index in [9.17, 15) is 9.18 Å². The first-order valence-electron chi connectivity index (χ1n) is 6.27. The fraction of sp³-hybridized carbons (Fsp3) is 0.235. The summed E-state index contributed by atoms with van der Waals surface area (Å²) in [7, 11) is 0. The molecule has 0 aliphatic rings. The van der Waals surface area contributed by atoms with Crippen LogP contribution in [-0.2, 0) is 5.41 Å². The topological polar surface area (TPSA) is 17.1 Å². The smallest absolute Gasteiger partial charge is 0.150 e. The summed E-state index contributed by atoms with van der Waals surface area (Å²) in [4.78, 5) is 10.8. The molecule has 0 heterocycles. The van der Waals surface area contributed by atoms with Crippen molar-refractivity contribution >= 4 is 6.29 Å². The minimum absolute atomic E-state index is 0.0917. The molecule has 2 aromatic carbocycles. The van der Waals surface area contributed by atoms with E-state index in [4.69, 9.17) is 0 Å². The van der Waals surface area contributed by atoms with Crippen LogP contribution in [0.4, 0.5) is 4.39 Å². The Morgan fingerprint density at radius 3 is 2.11 bits per heavy atom. The molecule has 2 aromatic rings. The Balaban J connectivity index is 2.42. The Labute approximate surface area is 113 Å². The highest BCUT2D eigenvalue weighted by Crippen LogP contribution is 2.26. The Kier molecular flexibility index (Phi) is 3.52. The number of carbonyl (C=O) groups excluding carboxylic acids is 1. The summed E-state index contributed by atoms with van der Waals surface area (Å²) in [5.41, 5.74) is 3.31. The van der Waals surface area contributed by atoms with Crippen LogP contribution in [0.2, 0.25) is 0 Å². The summed E-state index contributed by atoms with van der Waals surface area (Å²) in [5, 5.41) is 0. The second-order valence-corrected chi connectivity index (χ2v) is 5.72. The van der Waals surface area contributed by atoms with E-state index in [2.05, 4.69) is 20.8 Å². The number of halogens is 1. The molecule has 0 aromatic heterocycles. The maximum atomic E-state index is 13.4. The van der Waals surface area contributed by atoms with Gasteiger partial charge in [-0.2, -0.15) is 0 Å². The van der Waals surface area contributed by atoms with E-state index in [0.29, 0.717) is 11.8 Å². The van der Waals surface area contributed by atoms with Gasteiger partial charge in [0, 0.05) is 5.56 Å². The zero-order valence-corrected chi connectivity index (χ0v) is 11.4. The van der Waals surface area contributed by atoms with Gasteiger partial charge in [0.15, 0.2) is 0 Å². The van der Waals surface area contributed by atoms with Crippen molar-refractivity contribution in [3.8, 4) is 11.1 Å². The zero-order chi connectivity index (χ0) is 14.0. The molecule has 2 rings (SSSR count). The Morgan fingerprint density at radius 1 is 0.947 bits per heavy atom. The SMILES string of the molecule is CC(C)(C)c1ccc(-c2cc(F)cc(C=O)c2)cc1. The molecule has 19 heavy (non-hydrogen) atoms. The van der Waals surface area contributed by atoms with Gasteiger partial charge in [-0.05, 0) is 40.3 Å². The lowest BCUT2D eigenvalue weighted by Gasteiger charge is -2.19. The number of hydrogen-bond acceptors (Lipinski definition) is 1. The Bertz CT molecular complexity index is 592. The highest BCUT2D eigenvalue weighted by atomic mass is 19.1. The van der Waals surface area contributed by atoms with Crippen LogP contribution in [0, 0.1) is 5.82 Å². The van der Waals surface area contributed by atoms with Gasteiger partial charge in [0.2, 0.25) is 0 Å². The fourth-order valence-corrected chi connectivity index (χ4v) is 2.01. The maximum absolute atomic E-state index is 13.4. The highest BCUT2D eigenvalue weighted by molar-refractivity contribution is 5.79. The predicted molar refractivity (Wildman–Crippen MR) is 75.9 cm³/mol. The van der Waals surface area contributed by atoms with E-state index < -0.39 is 0 Å². The second kappa shape index (κ2) is 4.96. The molecule has 0 bridgehead atoms. The number of aldehydes is 1. The van der Waals surface area contributed by atoms with Crippen molar-refractivity contribution in [3.63, 3.8) is 0 Å². The predicted octanol–water partition coefficient (Wildman–Crippen LogP) is 4.60. The number of hydrogen-bond donors (Lipinski definition) is 0. The Morgan fingerprint density at radius 2 is 1.58 bits per heavy atom. The second-order valence-electron chi connectivity index (χ2n) is 5.72. The van der Waals surface area contributed by atoms with E-state index in [1.807, 2.05) is 24.3 Å². The molecule has 0 spiro atoms. The van der Waals surface area contributed by atoms with Gasteiger partial charge in [0.05, 0.1) is 0 Å². The highest BCUT2D eigenvalue weighted by Gasteiger charge is 2.13. The molecular formula is C17H17FO. The molecule has 0 aliphatic heterocycles. The summed E-state index contributed by atoms with van der Waals surface area (Å²) >= 11 is 0. The van der Waals surface area contributed by atoms with Crippen LogP contribution in [0.5, 0.6) is 0 Å². The van der Waals surface area contributed by atoms with Crippen LogP contribution >= 0.6 is 0 Å². The first-order valence-corrected chi connectivity index (χ1v) is 6.27. The lowest BCUT2D eigenvalue weighted by Crippen LogP contribution is -2.10. The fourth-order valence-electron chi connectivity index (χ4n) is 2.01. The monoisotopic (exact) mass is 256 g/mol. The maximum Gasteiger partial charge on any atom is 0.150 e. The molecule has 2 heteroatoms. The average molecular weight is 256 g/mol. The van der Waals surface area contributed by atoms with Crippen LogP contribution in [0.3, 0.4) is 0 Å². The van der Waals surface area contributed by atoms with Gasteiger partial charge in [-0.1, -0.05) is 45.0 Å². The first-order chi connectivity index (χ1) is 8.90. The molecule has 0 radical (unpaired) electrons. The summed E-state index contributed by atoms with van der Waals surface area (Å²) in [6, 6.07) is 12.4. The van der Waals surface area contributed by atoms with Gasteiger partial charge < -0.3 is 0 Å². The molecule has 0 atom stereocenters. The van der Waals surface area contributed by atoms with Crippen LogP contribution in [-0.4, -0.2) is 6.29 Å². The van der Waals surface area contributed by atoms with E-state index in [1.54, 1.807) is 6.07 Å². The molecule has 0 N–H and O–H groups in total. The molecule has 0 fully saturated rings. The normalized spacial score (nSPS) is 11.4. The molecule has 0 saturated heterocycles. The van der Waals surface area contributed by atoms with Gasteiger partial charge in [-0.25, -0.2) is 4.39 Å². The average Bonchev–Trinajstić information content (AvgIpc) is 2.37. The standard InChI is InChI=1S/C17H17FO/c1-17(2,3)15-6-4-13(5-7-15)14-8-12(11-19)9-16(18)10-14/h4-11H,1-3H3.